The summed E-state index contributed by atoms with van der Waals surface area (Å²) in [6.07, 6.45) is 0. The molecule has 4 heteroatoms. The minimum atomic E-state index is -0.861. The Morgan fingerprint density at radius 1 is 1.35 bits per heavy atom. The van der Waals surface area contributed by atoms with Crippen molar-refractivity contribution >= 4 is 17.1 Å². The first-order valence-electron chi connectivity index (χ1n) is 5.63. The van der Waals surface area contributed by atoms with Gasteiger partial charge in [0.25, 0.3) is 0 Å². The van der Waals surface area contributed by atoms with E-state index in [4.69, 9.17) is 9.52 Å². The lowest BCUT2D eigenvalue weighted by atomic mass is 10.0. The lowest BCUT2D eigenvalue weighted by molar-refractivity contribution is -0.138. The highest BCUT2D eigenvalue weighted by atomic mass is 16.4. The van der Waals surface area contributed by atoms with Crippen LogP contribution in [-0.2, 0) is 4.79 Å². The number of aliphatic carboxylic acids is 1. The first-order chi connectivity index (χ1) is 8.00. The van der Waals surface area contributed by atoms with Crippen LogP contribution in [0.2, 0.25) is 0 Å². The summed E-state index contributed by atoms with van der Waals surface area (Å²) in [4.78, 5) is 15.4. The second kappa shape index (κ2) is 4.20. The van der Waals surface area contributed by atoms with Crippen molar-refractivity contribution in [3.63, 3.8) is 0 Å². The largest absolute Gasteiger partial charge is 0.481 e. The first-order valence-corrected chi connectivity index (χ1v) is 5.63. The quantitative estimate of drug-likeness (QED) is 0.884. The molecule has 4 nitrogen and oxygen atoms in total. The standard InChI is InChI=1S/C13H15NO3/c1-7(2)12-14-10-6-4-5-9(11(10)17-12)8(3)13(15)16/h4-8H,1-3H3,(H,15,16). The van der Waals surface area contributed by atoms with Gasteiger partial charge in [-0.1, -0.05) is 26.0 Å². The van der Waals surface area contributed by atoms with Gasteiger partial charge in [-0.2, -0.15) is 0 Å². The Hall–Kier alpha value is -1.84. The lowest BCUT2D eigenvalue weighted by Gasteiger charge is -2.05. The zero-order valence-corrected chi connectivity index (χ0v) is 10.1. The van der Waals surface area contributed by atoms with E-state index in [2.05, 4.69) is 4.98 Å². The number of rotatable bonds is 3. The second-order valence-electron chi connectivity index (χ2n) is 4.46. The van der Waals surface area contributed by atoms with Gasteiger partial charge in [0.15, 0.2) is 11.5 Å². The predicted octanol–water partition coefficient (Wildman–Crippen LogP) is 3.14. The summed E-state index contributed by atoms with van der Waals surface area (Å²) in [7, 11) is 0. The van der Waals surface area contributed by atoms with E-state index < -0.39 is 11.9 Å². The van der Waals surface area contributed by atoms with Crippen molar-refractivity contribution in [2.75, 3.05) is 0 Å². The maximum Gasteiger partial charge on any atom is 0.310 e. The maximum absolute atomic E-state index is 11.0. The third kappa shape index (κ3) is 2.02. The molecule has 0 aliphatic carbocycles. The van der Waals surface area contributed by atoms with E-state index in [1.165, 1.54) is 0 Å². The molecule has 0 fully saturated rings. The molecule has 1 aromatic carbocycles. The van der Waals surface area contributed by atoms with Crippen LogP contribution < -0.4 is 0 Å². The summed E-state index contributed by atoms with van der Waals surface area (Å²) in [5, 5.41) is 9.05. The highest BCUT2D eigenvalue weighted by Gasteiger charge is 2.20. The number of hydrogen-bond donors (Lipinski definition) is 1. The van der Waals surface area contributed by atoms with E-state index in [0.29, 0.717) is 17.0 Å². The minimum absolute atomic E-state index is 0.190. The summed E-state index contributed by atoms with van der Waals surface area (Å²) in [6.45, 7) is 5.63. The molecule has 1 atom stereocenters. The lowest BCUT2D eigenvalue weighted by Crippen LogP contribution is -2.07. The first kappa shape index (κ1) is 11.6. The number of nitrogens with zero attached hydrogens (tertiary/aromatic N) is 1. The average Bonchev–Trinajstić information content (AvgIpc) is 2.71. The Kier molecular flexibility index (Phi) is 2.88. The molecule has 0 saturated carbocycles. The maximum atomic E-state index is 11.0. The van der Waals surface area contributed by atoms with Crippen molar-refractivity contribution in [1.82, 2.24) is 4.98 Å². The average molecular weight is 233 g/mol. The Morgan fingerprint density at radius 2 is 2.06 bits per heavy atom. The van der Waals surface area contributed by atoms with Gasteiger partial charge in [-0.15, -0.1) is 0 Å². The van der Waals surface area contributed by atoms with Crippen molar-refractivity contribution in [3.8, 4) is 0 Å². The molecule has 1 heterocycles. The van der Waals surface area contributed by atoms with Gasteiger partial charge in [-0.25, -0.2) is 4.98 Å². The van der Waals surface area contributed by atoms with E-state index in [1.54, 1.807) is 13.0 Å². The van der Waals surface area contributed by atoms with Crippen LogP contribution in [0.5, 0.6) is 0 Å². The Bertz CT molecular complexity index is 557. The highest BCUT2D eigenvalue weighted by Crippen LogP contribution is 2.28. The SMILES string of the molecule is CC(C)c1nc2cccc(C(C)C(=O)O)c2o1. The van der Waals surface area contributed by atoms with Gasteiger partial charge in [-0.05, 0) is 13.0 Å². The van der Waals surface area contributed by atoms with Crippen LogP contribution >= 0.6 is 0 Å². The van der Waals surface area contributed by atoms with E-state index >= 15 is 0 Å². The van der Waals surface area contributed by atoms with Gasteiger partial charge in [-0.3, -0.25) is 4.79 Å². The second-order valence-corrected chi connectivity index (χ2v) is 4.46. The van der Waals surface area contributed by atoms with Crippen LogP contribution in [0, 0.1) is 0 Å². The van der Waals surface area contributed by atoms with E-state index in [-0.39, 0.29) is 5.92 Å². The number of fused-ring (bicyclic) bond motifs is 1. The van der Waals surface area contributed by atoms with Crippen LogP contribution in [0.25, 0.3) is 11.1 Å². The van der Waals surface area contributed by atoms with Crippen LogP contribution in [0.3, 0.4) is 0 Å². The number of carboxylic acid groups (broad SMARTS) is 1. The molecule has 17 heavy (non-hydrogen) atoms. The fourth-order valence-electron chi connectivity index (χ4n) is 1.71. The highest BCUT2D eigenvalue weighted by molar-refractivity contribution is 5.84. The molecule has 0 amide bonds. The summed E-state index contributed by atoms with van der Waals surface area (Å²) < 4.78 is 5.66. The monoisotopic (exact) mass is 233 g/mol. The molecule has 2 aromatic rings. The molecule has 0 bridgehead atoms. The van der Waals surface area contributed by atoms with Crippen molar-refractivity contribution < 1.29 is 14.3 Å². The zero-order valence-electron chi connectivity index (χ0n) is 10.1. The van der Waals surface area contributed by atoms with Gasteiger partial charge in [0.05, 0.1) is 5.92 Å². The van der Waals surface area contributed by atoms with E-state index in [1.807, 2.05) is 26.0 Å². The van der Waals surface area contributed by atoms with E-state index in [9.17, 15) is 4.79 Å². The number of carbonyl (C=O) groups is 1. The smallest absolute Gasteiger partial charge is 0.310 e. The summed E-state index contributed by atoms with van der Waals surface area (Å²) in [6, 6.07) is 5.42. The minimum Gasteiger partial charge on any atom is -0.481 e. The number of carboxylic acids is 1. The Labute approximate surface area is 99.3 Å². The van der Waals surface area contributed by atoms with Gasteiger partial charge in [0.1, 0.15) is 5.52 Å². The summed E-state index contributed by atoms with van der Waals surface area (Å²) in [5.74, 6) is -0.618. The Balaban J connectivity index is 2.60. The normalized spacial score (nSPS) is 13.2. The number of hydrogen-bond acceptors (Lipinski definition) is 3. The number of benzene rings is 1. The molecular formula is C13H15NO3. The van der Waals surface area contributed by atoms with Gasteiger partial charge >= 0.3 is 5.97 Å². The molecular weight excluding hydrogens is 218 g/mol. The van der Waals surface area contributed by atoms with Gasteiger partial charge in [0.2, 0.25) is 0 Å². The van der Waals surface area contributed by atoms with Crippen molar-refractivity contribution in [3.05, 3.63) is 29.7 Å². The molecule has 0 aliphatic rings. The van der Waals surface area contributed by atoms with Crippen LogP contribution in [0.15, 0.2) is 22.6 Å². The fourth-order valence-corrected chi connectivity index (χ4v) is 1.71. The Morgan fingerprint density at radius 3 is 2.65 bits per heavy atom. The molecule has 1 aromatic heterocycles. The number of aromatic nitrogens is 1. The van der Waals surface area contributed by atoms with Crippen LogP contribution in [0.1, 0.15) is 44.1 Å². The molecule has 90 valence electrons. The molecule has 1 unspecified atom stereocenters. The molecule has 1 N–H and O–H groups in total. The predicted molar refractivity (Wildman–Crippen MR) is 64.1 cm³/mol. The zero-order chi connectivity index (χ0) is 12.6. The van der Waals surface area contributed by atoms with Gasteiger partial charge < -0.3 is 9.52 Å². The molecule has 0 radical (unpaired) electrons. The van der Waals surface area contributed by atoms with E-state index in [0.717, 1.165) is 5.52 Å². The molecule has 0 aliphatic heterocycles. The van der Waals surface area contributed by atoms with Crippen molar-refractivity contribution in [1.29, 1.82) is 0 Å². The third-order valence-electron chi connectivity index (χ3n) is 2.79. The molecule has 0 saturated heterocycles. The fraction of sp³-hybridized carbons (Fsp3) is 0.385. The summed E-state index contributed by atoms with van der Waals surface area (Å²) >= 11 is 0. The van der Waals surface area contributed by atoms with Crippen LogP contribution in [-0.4, -0.2) is 16.1 Å². The van der Waals surface area contributed by atoms with Gasteiger partial charge in [0, 0.05) is 11.5 Å². The van der Waals surface area contributed by atoms with Crippen molar-refractivity contribution in [2.45, 2.75) is 32.6 Å². The topological polar surface area (TPSA) is 63.3 Å². The number of para-hydroxylation sites is 1. The summed E-state index contributed by atoms with van der Waals surface area (Å²) in [5.41, 5.74) is 1.99. The molecule has 0 spiro atoms. The van der Waals surface area contributed by atoms with Crippen molar-refractivity contribution in [2.24, 2.45) is 0 Å². The number of oxazole rings is 1. The molecule has 2 rings (SSSR count). The van der Waals surface area contributed by atoms with Crippen LogP contribution in [0.4, 0.5) is 0 Å². The third-order valence-corrected chi connectivity index (χ3v) is 2.79.